The first-order valence-corrected chi connectivity index (χ1v) is 18.0. The highest BCUT2D eigenvalue weighted by molar-refractivity contribution is 5.94. The molecule has 0 radical (unpaired) electrons. The van der Waals surface area contributed by atoms with Crippen LogP contribution < -0.4 is 21.3 Å². The second kappa shape index (κ2) is 17.9. The van der Waals surface area contributed by atoms with Crippen molar-refractivity contribution in [2.24, 2.45) is 0 Å². The lowest BCUT2D eigenvalue weighted by atomic mass is 9.99. The molecule has 2 heterocycles. The van der Waals surface area contributed by atoms with Crippen molar-refractivity contribution in [1.29, 1.82) is 0 Å². The molecule has 6 rings (SSSR count). The van der Waals surface area contributed by atoms with Gasteiger partial charge in [-0.05, 0) is 47.4 Å². The number of rotatable bonds is 14. The van der Waals surface area contributed by atoms with E-state index in [1.54, 1.807) is 48.5 Å². The molecule has 3 atom stereocenters. The molecular formula is C40H46N6O7. The summed E-state index contributed by atoms with van der Waals surface area (Å²) in [6, 6.07) is 29.4. The second-order valence-corrected chi connectivity index (χ2v) is 13.4. The van der Waals surface area contributed by atoms with Gasteiger partial charge in [0.25, 0.3) is 5.69 Å². The van der Waals surface area contributed by atoms with Crippen LogP contribution in [0.25, 0.3) is 0 Å². The third-order valence-corrected chi connectivity index (χ3v) is 9.66. The Bertz CT molecular complexity index is 1830. The van der Waals surface area contributed by atoms with Crippen LogP contribution in [0.3, 0.4) is 0 Å². The maximum Gasteiger partial charge on any atom is 0.269 e. The maximum atomic E-state index is 12.5. The van der Waals surface area contributed by atoms with Gasteiger partial charge in [-0.2, -0.15) is 0 Å². The quantitative estimate of drug-likeness (QED) is 0.0744. The normalized spacial score (nSPS) is 19.0. The Hall–Kier alpha value is -5.34. The molecule has 2 amide bonds. The number of piperazine rings is 1. The van der Waals surface area contributed by atoms with Crippen molar-refractivity contribution in [3.63, 3.8) is 0 Å². The number of para-hydroxylation sites is 2. The molecule has 2 fully saturated rings. The third-order valence-electron chi connectivity index (χ3n) is 9.66. The number of aliphatic hydroxyl groups is 1. The lowest BCUT2D eigenvalue weighted by molar-refractivity contribution is -0.384. The highest BCUT2D eigenvalue weighted by Crippen LogP contribution is 2.38. The summed E-state index contributed by atoms with van der Waals surface area (Å²) in [6.07, 6.45) is 0.618. The highest BCUT2D eigenvalue weighted by atomic mass is 16.7. The van der Waals surface area contributed by atoms with Crippen molar-refractivity contribution >= 4 is 34.6 Å². The number of nitrogens with one attached hydrogen (secondary N) is 2. The molecule has 13 nitrogen and oxygen atoms in total. The predicted molar refractivity (Wildman–Crippen MR) is 202 cm³/mol. The number of nitrogens with two attached hydrogens (primary N) is 1. The Kier molecular flexibility index (Phi) is 12.7. The summed E-state index contributed by atoms with van der Waals surface area (Å²) >= 11 is 0. The molecule has 4 aromatic rings. The number of carbonyl (C=O) groups excluding carboxylic acids is 2. The first kappa shape index (κ1) is 37.4. The molecule has 53 heavy (non-hydrogen) atoms. The number of nitro benzene ring substituents is 1. The van der Waals surface area contributed by atoms with Gasteiger partial charge in [-0.1, -0.05) is 60.7 Å². The number of aliphatic hydroxyl groups excluding tert-OH is 1. The Morgan fingerprint density at radius 1 is 0.830 bits per heavy atom. The Morgan fingerprint density at radius 2 is 1.49 bits per heavy atom. The fourth-order valence-electron chi connectivity index (χ4n) is 6.61. The number of ether oxygens (including phenoxy) is 2. The van der Waals surface area contributed by atoms with Crippen molar-refractivity contribution < 1.29 is 29.1 Å². The fourth-order valence-corrected chi connectivity index (χ4v) is 6.61. The summed E-state index contributed by atoms with van der Waals surface area (Å²) < 4.78 is 13.1. The van der Waals surface area contributed by atoms with Crippen molar-refractivity contribution in [2.45, 2.75) is 57.3 Å². The van der Waals surface area contributed by atoms with Crippen LogP contribution in [0, 0.1) is 10.1 Å². The minimum atomic E-state index is -0.598. The molecule has 0 aromatic heterocycles. The molecule has 0 saturated carbocycles. The molecule has 2 aliphatic rings. The molecule has 278 valence electrons. The van der Waals surface area contributed by atoms with E-state index in [1.165, 1.54) is 0 Å². The lowest BCUT2D eigenvalue weighted by Gasteiger charge is -2.41. The van der Waals surface area contributed by atoms with E-state index >= 15 is 0 Å². The summed E-state index contributed by atoms with van der Waals surface area (Å²) in [6.45, 7) is 4.31. The maximum absolute atomic E-state index is 12.5. The topological polar surface area (TPSA) is 173 Å². The van der Waals surface area contributed by atoms with Crippen LogP contribution in [0.15, 0.2) is 97.1 Å². The number of benzene rings is 4. The van der Waals surface area contributed by atoms with Gasteiger partial charge in [0, 0.05) is 81.9 Å². The number of nitrogens with zero attached hydrogens (tertiary/aromatic N) is 3. The molecule has 5 N–H and O–H groups in total. The summed E-state index contributed by atoms with van der Waals surface area (Å²) in [7, 11) is 0. The summed E-state index contributed by atoms with van der Waals surface area (Å²) in [4.78, 5) is 40.1. The molecule has 13 heteroatoms. The number of hydrogen-bond donors (Lipinski definition) is 4. The van der Waals surface area contributed by atoms with Crippen LogP contribution in [0.5, 0.6) is 0 Å². The van der Waals surface area contributed by atoms with Crippen LogP contribution in [-0.2, 0) is 32.2 Å². The van der Waals surface area contributed by atoms with E-state index in [-0.39, 0.29) is 54.1 Å². The molecule has 2 saturated heterocycles. The van der Waals surface area contributed by atoms with Gasteiger partial charge >= 0.3 is 0 Å². The number of amides is 2. The molecule has 0 unspecified atom stereocenters. The van der Waals surface area contributed by atoms with Crippen molar-refractivity contribution in [2.75, 3.05) is 48.7 Å². The summed E-state index contributed by atoms with van der Waals surface area (Å²) in [5, 5.41) is 26.3. The molecule has 4 aromatic carbocycles. The van der Waals surface area contributed by atoms with E-state index in [9.17, 15) is 24.8 Å². The Morgan fingerprint density at radius 3 is 2.17 bits per heavy atom. The van der Waals surface area contributed by atoms with Crippen molar-refractivity contribution in [1.82, 2.24) is 10.2 Å². The van der Waals surface area contributed by atoms with Gasteiger partial charge in [0.15, 0.2) is 6.29 Å². The molecular weight excluding hydrogens is 676 g/mol. The Balaban J connectivity index is 1.01. The molecule has 0 aliphatic carbocycles. The second-order valence-electron chi connectivity index (χ2n) is 13.4. The molecule has 2 aliphatic heterocycles. The molecule has 0 bridgehead atoms. The number of nitrogen functional groups attached to an aromatic ring is 1. The highest BCUT2D eigenvalue weighted by Gasteiger charge is 2.34. The SMILES string of the molecule is Nc1ccccc1NC(=O)CCCC(=O)NCc1ccc([C@@H]2O[C@H](CN3CCN(c4ccc([N+](=O)[O-])cc4)CC3)C[C@H](c3ccc(CO)cc3)O2)cc1. The first-order valence-electron chi connectivity index (χ1n) is 18.0. The van der Waals surface area contributed by atoms with E-state index < -0.39 is 6.29 Å². The lowest BCUT2D eigenvalue weighted by Crippen LogP contribution is -2.49. The van der Waals surface area contributed by atoms with Gasteiger partial charge in [0.05, 0.1) is 35.1 Å². The monoisotopic (exact) mass is 722 g/mol. The van der Waals surface area contributed by atoms with Crippen molar-refractivity contribution in [3.05, 3.63) is 129 Å². The standard InChI is InChI=1S/C40H46N6O7/c41-35-4-1-2-5-36(35)43-39(49)7-3-6-38(48)42-25-28-8-14-31(15-9-28)40-52-34(24-37(53-40)30-12-10-29(27-47)11-13-30)26-44-20-22-45(23-21-44)32-16-18-33(19-17-32)46(50)51/h1-2,4-5,8-19,34,37,40,47H,3,6-7,20-27,41H2,(H,42,48)(H,43,49)/t34-,37+,40+/m0/s1. The van der Waals surface area contributed by atoms with E-state index in [1.807, 2.05) is 48.5 Å². The number of carbonyl (C=O) groups is 2. The zero-order chi connectivity index (χ0) is 37.2. The predicted octanol–water partition coefficient (Wildman–Crippen LogP) is 5.46. The Labute approximate surface area is 308 Å². The minimum absolute atomic E-state index is 0.0271. The van der Waals surface area contributed by atoms with Crippen molar-refractivity contribution in [3.8, 4) is 0 Å². The van der Waals surface area contributed by atoms with E-state index in [0.717, 1.165) is 60.7 Å². The number of hydrogen-bond acceptors (Lipinski definition) is 10. The van der Waals surface area contributed by atoms with Gasteiger partial charge in [-0.3, -0.25) is 24.6 Å². The van der Waals surface area contributed by atoms with Crippen LogP contribution in [0.2, 0.25) is 0 Å². The number of anilines is 3. The third kappa shape index (κ3) is 10.4. The zero-order valence-electron chi connectivity index (χ0n) is 29.6. The summed E-state index contributed by atoms with van der Waals surface area (Å²) in [5.41, 5.74) is 11.6. The van der Waals surface area contributed by atoms with Crippen LogP contribution in [0.4, 0.5) is 22.7 Å². The van der Waals surface area contributed by atoms with E-state index in [2.05, 4.69) is 20.4 Å². The number of non-ortho nitro benzene ring substituents is 1. The smallest absolute Gasteiger partial charge is 0.269 e. The van der Waals surface area contributed by atoms with Gasteiger partial charge in [-0.25, -0.2) is 0 Å². The van der Waals surface area contributed by atoms with E-state index in [4.69, 9.17) is 15.2 Å². The number of nitro groups is 1. The molecule has 0 spiro atoms. The van der Waals surface area contributed by atoms with Gasteiger partial charge < -0.3 is 35.8 Å². The summed E-state index contributed by atoms with van der Waals surface area (Å²) in [5.74, 6) is -0.320. The fraction of sp³-hybridized carbons (Fsp3) is 0.350. The van der Waals surface area contributed by atoms with Gasteiger partial charge in [-0.15, -0.1) is 0 Å². The van der Waals surface area contributed by atoms with Crippen LogP contribution >= 0.6 is 0 Å². The zero-order valence-corrected chi connectivity index (χ0v) is 29.6. The largest absolute Gasteiger partial charge is 0.397 e. The van der Waals surface area contributed by atoms with Gasteiger partial charge in [0.1, 0.15) is 0 Å². The van der Waals surface area contributed by atoms with Crippen LogP contribution in [-0.4, -0.2) is 65.6 Å². The average molecular weight is 723 g/mol. The van der Waals surface area contributed by atoms with Crippen LogP contribution in [0.1, 0.15) is 60.3 Å². The van der Waals surface area contributed by atoms with E-state index in [0.29, 0.717) is 30.8 Å². The average Bonchev–Trinajstić information content (AvgIpc) is 3.18. The van der Waals surface area contributed by atoms with Gasteiger partial charge in [0.2, 0.25) is 11.8 Å². The minimum Gasteiger partial charge on any atom is -0.397 e. The first-order chi connectivity index (χ1) is 25.7.